The number of carbonyl (C=O) groups is 1. The number of fused-ring (bicyclic) bond motifs is 1. The Balaban J connectivity index is 1.49. The minimum absolute atomic E-state index is 0.0234. The number of aromatic nitrogens is 1. The molecule has 1 aliphatic heterocycles. The van der Waals surface area contributed by atoms with E-state index in [0.29, 0.717) is 30.1 Å². The molecule has 1 N–H and O–H groups in total. The Kier molecular flexibility index (Phi) is 3.51. The molecule has 0 radical (unpaired) electrons. The highest BCUT2D eigenvalue weighted by atomic mass is 35.5. The standard InChI is InChI=1S/C19H14ClN3O/c20-16-4-1-12(2-5-16)15-10-23(11-15)19(24)13-3-6-17-14(8-21)9-22-18(17)7-13/h1-7,9,15,22H,10-11H2. The van der Waals surface area contributed by atoms with Crippen molar-refractivity contribution in [3.8, 4) is 6.07 Å². The third kappa shape index (κ3) is 2.44. The lowest BCUT2D eigenvalue weighted by Gasteiger charge is -2.39. The van der Waals surface area contributed by atoms with Gasteiger partial charge in [0.05, 0.1) is 5.56 Å². The summed E-state index contributed by atoms with van der Waals surface area (Å²) in [5.74, 6) is 0.390. The van der Waals surface area contributed by atoms with Gasteiger partial charge in [0.15, 0.2) is 0 Å². The molecule has 0 bridgehead atoms. The summed E-state index contributed by atoms with van der Waals surface area (Å²) in [5.41, 5.74) is 3.26. The fourth-order valence-corrected chi connectivity index (χ4v) is 3.25. The highest BCUT2D eigenvalue weighted by Crippen LogP contribution is 2.29. The third-order valence-corrected chi connectivity index (χ3v) is 4.81. The van der Waals surface area contributed by atoms with Gasteiger partial charge < -0.3 is 9.88 Å². The molecule has 118 valence electrons. The van der Waals surface area contributed by atoms with Crippen LogP contribution in [0.15, 0.2) is 48.7 Å². The first-order chi connectivity index (χ1) is 11.7. The van der Waals surface area contributed by atoms with Crippen molar-refractivity contribution in [2.24, 2.45) is 0 Å². The number of hydrogen-bond acceptors (Lipinski definition) is 2. The van der Waals surface area contributed by atoms with E-state index >= 15 is 0 Å². The quantitative estimate of drug-likeness (QED) is 0.771. The number of amides is 1. The van der Waals surface area contributed by atoms with E-state index in [-0.39, 0.29) is 5.91 Å². The molecule has 0 atom stereocenters. The van der Waals surface area contributed by atoms with E-state index in [1.54, 1.807) is 12.3 Å². The van der Waals surface area contributed by atoms with Gasteiger partial charge in [-0.1, -0.05) is 29.8 Å². The second-order valence-corrected chi connectivity index (χ2v) is 6.47. The van der Waals surface area contributed by atoms with Crippen molar-refractivity contribution < 1.29 is 4.79 Å². The fraction of sp³-hybridized carbons (Fsp3) is 0.158. The fourth-order valence-electron chi connectivity index (χ4n) is 3.12. The van der Waals surface area contributed by atoms with Gasteiger partial charge >= 0.3 is 0 Å². The topological polar surface area (TPSA) is 59.9 Å². The zero-order valence-electron chi connectivity index (χ0n) is 12.8. The van der Waals surface area contributed by atoms with Crippen molar-refractivity contribution in [3.05, 3.63) is 70.4 Å². The largest absolute Gasteiger partial charge is 0.360 e. The van der Waals surface area contributed by atoms with Crippen LogP contribution in [0.3, 0.4) is 0 Å². The number of nitriles is 1. The van der Waals surface area contributed by atoms with Crippen molar-refractivity contribution in [3.63, 3.8) is 0 Å². The highest BCUT2D eigenvalue weighted by molar-refractivity contribution is 6.30. The van der Waals surface area contributed by atoms with Crippen LogP contribution in [-0.2, 0) is 0 Å². The molecule has 24 heavy (non-hydrogen) atoms. The van der Waals surface area contributed by atoms with Gasteiger partial charge in [0.2, 0.25) is 0 Å². The molecule has 1 amide bonds. The number of nitrogens with one attached hydrogen (secondary N) is 1. The molecule has 0 unspecified atom stereocenters. The first-order valence-corrected chi connectivity index (χ1v) is 8.09. The normalized spacial score (nSPS) is 14.4. The third-order valence-electron chi connectivity index (χ3n) is 4.56. The average Bonchev–Trinajstić information content (AvgIpc) is 2.97. The van der Waals surface area contributed by atoms with Crippen LogP contribution in [0.4, 0.5) is 0 Å². The van der Waals surface area contributed by atoms with Crippen LogP contribution in [-0.4, -0.2) is 28.9 Å². The second kappa shape index (κ2) is 5.70. The second-order valence-electron chi connectivity index (χ2n) is 6.03. The number of rotatable bonds is 2. The maximum atomic E-state index is 12.6. The first-order valence-electron chi connectivity index (χ1n) is 7.71. The molecule has 2 heterocycles. The number of halogens is 1. The van der Waals surface area contributed by atoms with Crippen LogP contribution < -0.4 is 0 Å². The van der Waals surface area contributed by atoms with Crippen LogP contribution >= 0.6 is 11.6 Å². The van der Waals surface area contributed by atoms with Gasteiger partial charge in [0, 0.05) is 46.7 Å². The lowest BCUT2D eigenvalue weighted by Crippen LogP contribution is -2.48. The molecule has 1 saturated heterocycles. The van der Waals surface area contributed by atoms with Crippen molar-refractivity contribution in [2.45, 2.75) is 5.92 Å². The average molecular weight is 336 g/mol. The Morgan fingerprint density at radius 2 is 1.96 bits per heavy atom. The van der Waals surface area contributed by atoms with Crippen LogP contribution in [0.1, 0.15) is 27.4 Å². The molecule has 1 aliphatic rings. The van der Waals surface area contributed by atoms with Crippen LogP contribution in [0.25, 0.3) is 10.9 Å². The Morgan fingerprint density at radius 1 is 1.21 bits per heavy atom. The number of likely N-dealkylation sites (tertiary alicyclic amines) is 1. The number of carbonyl (C=O) groups excluding carboxylic acids is 1. The van der Waals surface area contributed by atoms with Gasteiger partial charge in [0.1, 0.15) is 6.07 Å². The highest BCUT2D eigenvalue weighted by Gasteiger charge is 2.32. The number of H-pyrrole nitrogens is 1. The zero-order valence-corrected chi connectivity index (χ0v) is 13.5. The summed E-state index contributed by atoms with van der Waals surface area (Å²) in [5, 5.41) is 10.6. The molecule has 4 nitrogen and oxygen atoms in total. The number of aromatic amines is 1. The van der Waals surface area contributed by atoms with Gasteiger partial charge in [-0.3, -0.25) is 4.79 Å². The van der Waals surface area contributed by atoms with Crippen LogP contribution in [0.2, 0.25) is 5.02 Å². The van der Waals surface area contributed by atoms with Gasteiger partial charge in [-0.2, -0.15) is 5.26 Å². The molecule has 1 aromatic heterocycles. The minimum atomic E-state index is 0.0234. The molecule has 4 rings (SSSR count). The van der Waals surface area contributed by atoms with E-state index in [1.807, 2.05) is 41.3 Å². The maximum absolute atomic E-state index is 12.6. The predicted molar refractivity (Wildman–Crippen MR) is 93.1 cm³/mol. The maximum Gasteiger partial charge on any atom is 0.253 e. The zero-order chi connectivity index (χ0) is 16.7. The molecular weight excluding hydrogens is 322 g/mol. The molecule has 0 spiro atoms. The van der Waals surface area contributed by atoms with Gasteiger partial charge in [-0.05, 0) is 29.8 Å². The molecular formula is C19H14ClN3O. The Labute approximate surface area is 144 Å². The van der Waals surface area contributed by atoms with Gasteiger partial charge in [0.25, 0.3) is 5.91 Å². The number of benzene rings is 2. The predicted octanol–water partition coefficient (Wildman–Crippen LogP) is 3.93. The summed E-state index contributed by atoms with van der Waals surface area (Å²) in [6, 6.07) is 15.4. The summed E-state index contributed by atoms with van der Waals surface area (Å²) in [4.78, 5) is 17.5. The number of hydrogen-bond donors (Lipinski definition) is 1. The van der Waals surface area contributed by atoms with E-state index in [1.165, 1.54) is 5.56 Å². The lowest BCUT2D eigenvalue weighted by atomic mass is 9.91. The molecule has 0 aliphatic carbocycles. The summed E-state index contributed by atoms with van der Waals surface area (Å²) in [6.45, 7) is 1.43. The van der Waals surface area contributed by atoms with E-state index < -0.39 is 0 Å². The molecule has 2 aromatic carbocycles. The van der Waals surface area contributed by atoms with E-state index in [4.69, 9.17) is 16.9 Å². The van der Waals surface area contributed by atoms with E-state index in [2.05, 4.69) is 11.1 Å². The Morgan fingerprint density at radius 3 is 2.67 bits per heavy atom. The molecule has 1 fully saturated rings. The van der Waals surface area contributed by atoms with Gasteiger partial charge in [-0.15, -0.1) is 0 Å². The van der Waals surface area contributed by atoms with Crippen molar-refractivity contribution in [2.75, 3.05) is 13.1 Å². The Hall–Kier alpha value is -2.77. The molecule has 0 saturated carbocycles. The molecule has 3 aromatic rings. The SMILES string of the molecule is N#Cc1c[nH]c2cc(C(=O)N3CC(c4ccc(Cl)cc4)C3)ccc12. The van der Waals surface area contributed by atoms with Crippen LogP contribution in [0.5, 0.6) is 0 Å². The summed E-state index contributed by atoms with van der Waals surface area (Å²) < 4.78 is 0. The minimum Gasteiger partial charge on any atom is -0.360 e. The van der Waals surface area contributed by atoms with E-state index in [0.717, 1.165) is 15.9 Å². The van der Waals surface area contributed by atoms with Gasteiger partial charge in [-0.25, -0.2) is 0 Å². The van der Waals surface area contributed by atoms with Crippen LogP contribution in [0, 0.1) is 11.3 Å². The summed E-state index contributed by atoms with van der Waals surface area (Å²) >= 11 is 5.91. The smallest absolute Gasteiger partial charge is 0.253 e. The number of nitrogens with zero attached hydrogens (tertiary/aromatic N) is 2. The van der Waals surface area contributed by atoms with Crippen molar-refractivity contribution in [1.29, 1.82) is 5.26 Å². The van der Waals surface area contributed by atoms with E-state index in [9.17, 15) is 4.79 Å². The Bertz CT molecular complexity index is 962. The summed E-state index contributed by atoms with van der Waals surface area (Å²) in [6.07, 6.45) is 1.67. The van der Waals surface area contributed by atoms with Crippen molar-refractivity contribution in [1.82, 2.24) is 9.88 Å². The van der Waals surface area contributed by atoms with Crippen molar-refractivity contribution >= 4 is 28.4 Å². The summed E-state index contributed by atoms with van der Waals surface area (Å²) in [7, 11) is 0. The first kappa shape index (κ1) is 14.8. The monoisotopic (exact) mass is 335 g/mol. The molecule has 5 heteroatoms. The lowest BCUT2D eigenvalue weighted by molar-refractivity contribution is 0.0602.